The van der Waals surface area contributed by atoms with Crippen molar-refractivity contribution in [2.75, 3.05) is 25.5 Å². The van der Waals surface area contributed by atoms with E-state index < -0.39 is 11.9 Å². The largest absolute Gasteiger partial charge is 0.478 e. The Morgan fingerprint density at radius 1 is 1.03 bits per heavy atom. The molecule has 1 unspecified atom stereocenters. The van der Waals surface area contributed by atoms with E-state index in [1.54, 1.807) is 0 Å². The maximum atomic E-state index is 11.9. The van der Waals surface area contributed by atoms with E-state index in [0.717, 1.165) is 18.8 Å². The van der Waals surface area contributed by atoms with Crippen LogP contribution in [0.15, 0.2) is 60.7 Å². The topological polar surface area (TPSA) is 119 Å². The van der Waals surface area contributed by atoms with Gasteiger partial charge in [0, 0.05) is 43.4 Å². The number of nitrogens with zero attached hydrogens (tertiary/aromatic N) is 1. The van der Waals surface area contributed by atoms with E-state index in [4.69, 9.17) is 10.2 Å². The van der Waals surface area contributed by atoms with Gasteiger partial charge in [-0.05, 0) is 36.7 Å². The average Bonchev–Trinajstić information content (AvgIpc) is 2.73. The predicted octanol–water partition coefficient (Wildman–Crippen LogP) is 3.12. The number of rotatable bonds is 5. The van der Waals surface area contributed by atoms with Crippen LogP contribution in [0.1, 0.15) is 29.5 Å². The number of hydrogen-bond acceptors (Lipinski definition) is 4. The zero-order chi connectivity index (χ0) is 22.8. The molecule has 31 heavy (non-hydrogen) atoms. The third-order valence-electron chi connectivity index (χ3n) is 4.67. The minimum absolute atomic E-state index is 0.148. The summed E-state index contributed by atoms with van der Waals surface area (Å²) < 4.78 is 0. The number of anilines is 1. The van der Waals surface area contributed by atoms with Crippen LogP contribution in [0.2, 0.25) is 0 Å². The van der Waals surface area contributed by atoms with Crippen LogP contribution in [-0.4, -0.2) is 53.2 Å². The Balaban J connectivity index is 0.000000366. The van der Waals surface area contributed by atoms with Gasteiger partial charge >= 0.3 is 18.0 Å². The molecule has 0 saturated heterocycles. The number of hydrogen-bond donors (Lipinski definition) is 4. The van der Waals surface area contributed by atoms with E-state index in [-0.39, 0.29) is 6.03 Å². The number of benzene rings is 2. The molecule has 4 N–H and O–H groups in total. The molecule has 0 aliphatic carbocycles. The molecule has 0 fully saturated rings. The lowest BCUT2D eigenvalue weighted by molar-refractivity contribution is -0.134. The maximum Gasteiger partial charge on any atom is 0.328 e. The normalized spacial score (nSPS) is 15.4. The van der Waals surface area contributed by atoms with Gasteiger partial charge in [0.1, 0.15) is 0 Å². The fraction of sp³-hybridized carbons (Fsp3) is 0.261. The van der Waals surface area contributed by atoms with Gasteiger partial charge < -0.3 is 25.7 Å². The number of aliphatic carboxylic acids is 2. The summed E-state index contributed by atoms with van der Waals surface area (Å²) in [6, 6.07) is 16.6. The molecule has 0 aromatic heterocycles. The summed E-state index contributed by atoms with van der Waals surface area (Å²) in [5, 5.41) is 21.4. The second kappa shape index (κ2) is 11.5. The Morgan fingerprint density at radius 2 is 1.68 bits per heavy atom. The van der Waals surface area contributed by atoms with Crippen molar-refractivity contribution in [3.05, 3.63) is 77.4 Å². The predicted molar refractivity (Wildman–Crippen MR) is 118 cm³/mol. The Hall–Kier alpha value is -3.65. The van der Waals surface area contributed by atoms with Gasteiger partial charge in [0.05, 0.1) is 0 Å². The Morgan fingerprint density at radius 3 is 2.26 bits per heavy atom. The highest BCUT2D eigenvalue weighted by Crippen LogP contribution is 2.36. The highest BCUT2D eigenvalue weighted by molar-refractivity contribution is 5.90. The quantitative estimate of drug-likeness (QED) is 0.547. The molecule has 1 atom stereocenters. The van der Waals surface area contributed by atoms with E-state index in [1.165, 1.54) is 16.7 Å². The second-order valence-electron chi connectivity index (χ2n) is 7.03. The summed E-state index contributed by atoms with van der Waals surface area (Å²) in [5.41, 5.74) is 4.74. The molecule has 0 bridgehead atoms. The average molecular weight is 425 g/mol. The van der Waals surface area contributed by atoms with Crippen molar-refractivity contribution in [2.45, 2.75) is 19.4 Å². The van der Waals surface area contributed by atoms with Crippen LogP contribution in [0.3, 0.4) is 0 Å². The molecule has 1 heterocycles. The number of urea groups is 1. The molecular weight excluding hydrogens is 398 g/mol. The van der Waals surface area contributed by atoms with E-state index in [2.05, 4.69) is 52.9 Å². The summed E-state index contributed by atoms with van der Waals surface area (Å²) in [6.45, 7) is 4.37. The van der Waals surface area contributed by atoms with Crippen molar-refractivity contribution in [3.8, 4) is 0 Å². The third kappa shape index (κ3) is 7.27. The summed E-state index contributed by atoms with van der Waals surface area (Å²) in [7, 11) is 2.13. The van der Waals surface area contributed by atoms with Crippen LogP contribution >= 0.6 is 0 Å². The van der Waals surface area contributed by atoms with Crippen LogP contribution in [0.4, 0.5) is 10.5 Å². The van der Waals surface area contributed by atoms with Crippen LogP contribution < -0.4 is 10.6 Å². The first-order valence-corrected chi connectivity index (χ1v) is 9.85. The highest BCUT2D eigenvalue weighted by Gasteiger charge is 2.26. The molecule has 2 amide bonds. The lowest BCUT2D eigenvalue weighted by atomic mass is 9.84. The molecule has 3 rings (SSSR count). The summed E-state index contributed by atoms with van der Waals surface area (Å²) in [5.74, 6) is -2.18. The van der Waals surface area contributed by atoms with Crippen molar-refractivity contribution in [1.29, 1.82) is 0 Å². The minimum atomic E-state index is -1.26. The summed E-state index contributed by atoms with van der Waals surface area (Å²) >= 11 is 0. The fourth-order valence-electron chi connectivity index (χ4n) is 3.41. The van der Waals surface area contributed by atoms with Gasteiger partial charge in [-0.1, -0.05) is 42.5 Å². The molecule has 0 saturated carbocycles. The van der Waals surface area contributed by atoms with Crippen molar-refractivity contribution in [3.63, 3.8) is 0 Å². The highest BCUT2D eigenvalue weighted by atomic mass is 16.4. The van der Waals surface area contributed by atoms with Crippen molar-refractivity contribution in [2.24, 2.45) is 0 Å². The minimum Gasteiger partial charge on any atom is -0.478 e. The number of amides is 2. The molecular formula is C23H27N3O5. The standard InChI is InChI=1S/C19H23N3O.C4H4O4/c1-3-20-19(23)21-18-11-7-10-15-16(12-22(2)13-17(15)18)14-8-5-4-6-9-14;5-3(6)1-2-4(7)8/h4-11,16H,3,12-13H2,1-2H3,(H2,20,21,23);1-2H,(H,5,6)(H,7,8)/b;2-1-. The fourth-order valence-corrected chi connectivity index (χ4v) is 3.41. The molecule has 164 valence electrons. The molecule has 2 aromatic carbocycles. The van der Waals surface area contributed by atoms with E-state index in [9.17, 15) is 14.4 Å². The van der Waals surface area contributed by atoms with E-state index in [1.807, 2.05) is 25.1 Å². The van der Waals surface area contributed by atoms with Gasteiger partial charge in [-0.25, -0.2) is 14.4 Å². The number of fused-ring (bicyclic) bond motifs is 1. The Kier molecular flexibility index (Phi) is 8.78. The lowest BCUT2D eigenvalue weighted by Crippen LogP contribution is -2.33. The van der Waals surface area contributed by atoms with Crippen molar-refractivity contribution < 1.29 is 24.6 Å². The molecule has 0 spiro atoms. The van der Waals surface area contributed by atoms with Gasteiger partial charge in [-0.15, -0.1) is 0 Å². The van der Waals surface area contributed by atoms with Gasteiger partial charge in [-0.3, -0.25) is 0 Å². The zero-order valence-electron chi connectivity index (χ0n) is 17.5. The van der Waals surface area contributed by atoms with Crippen molar-refractivity contribution in [1.82, 2.24) is 10.2 Å². The van der Waals surface area contributed by atoms with Gasteiger partial charge in [0.15, 0.2) is 0 Å². The molecule has 8 heteroatoms. The van der Waals surface area contributed by atoms with Gasteiger partial charge in [0.25, 0.3) is 0 Å². The molecule has 1 aliphatic rings. The second-order valence-corrected chi connectivity index (χ2v) is 7.03. The van der Waals surface area contributed by atoms with Crippen LogP contribution in [-0.2, 0) is 16.1 Å². The zero-order valence-corrected chi connectivity index (χ0v) is 17.5. The Labute approximate surface area is 181 Å². The third-order valence-corrected chi connectivity index (χ3v) is 4.67. The Bertz CT molecular complexity index is 927. The molecule has 2 aromatic rings. The number of nitrogens with one attached hydrogen (secondary N) is 2. The van der Waals surface area contributed by atoms with Crippen LogP contribution in [0, 0.1) is 0 Å². The molecule has 0 radical (unpaired) electrons. The SMILES string of the molecule is CCNC(=O)Nc1cccc2c1CN(C)CC2c1ccccc1.O=C(O)/C=C\C(=O)O. The molecule has 8 nitrogen and oxygen atoms in total. The van der Waals surface area contributed by atoms with E-state index in [0.29, 0.717) is 24.6 Å². The summed E-state index contributed by atoms with van der Waals surface area (Å²) in [6.07, 6.45) is 1.12. The first-order valence-electron chi connectivity index (χ1n) is 9.85. The first kappa shape index (κ1) is 23.6. The van der Waals surface area contributed by atoms with Gasteiger partial charge in [-0.2, -0.15) is 0 Å². The molecule has 1 aliphatic heterocycles. The van der Waals surface area contributed by atoms with Gasteiger partial charge in [0.2, 0.25) is 0 Å². The number of carboxylic acid groups (broad SMARTS) is 2. The number of carboxylic acids is 2. The number of likely N-dealkylation sites (N-methyl/N-ethyl adjacent to an activating group) is 1. The van der Waals surface area contributed by atoms with E-state index >= 15 is 0 Å². The maximum absolute atomic E-state index is 11.9. The van der Waals surface area contributed by atoms with Crippen LogP contribution in [0.5, 0.6) is 0 Å². The van der Waals surface area contributed by atoms with Crippen molar-refractivity contribution >= 4 is 23.7 Å². The smallest absolute Gasteiger partial charge is 0.328 e. The number of carbonyl (C=O) groups excluding carboxylic acids is 1. The summed E-state index contributed by atoms with van der Waals surface area (Å²) in [4.78, 5) is 33.3. The first-order chi connectivity index (χ1) is 14.8. The monoisotopic (exact) mass is 425 g/mol. The lowest BCUT2D eigenvalue weighted by Gasteiger charge is -2.34. The number of carbonyl (C=O) groups is 3. The van der Waals surface area contributed by atoms with Crippen LogP contribution in [0.25, 0.3) is 0 Å².